The van der Waals surface area contributed by atoms with Crippen LogP contribution in [-0.4, -0.2) is 115 Å². The number of nitrogens with zero attached hydrogens (tertiary/aromatic N) is 7. The molecule has 0 spiro atoms. The van der Waals surface area contributed by atoms with Crippen molar-refractivity contribution in [2.75, 3.05) is 24.7 Å². The highest BCUT2D eigenvalue weighted by molar-refractivity contribution is 7.47. The number of rotatable bonds is 2. The Morgan fingerprint density at radius 1 is 0.909 bits per heavy atom. The normalized spacial score (nSPS) is 36.6. The lowest BCUT2D eigenvalue weighted by Crippen LogP contribution is -2.39. The first kappa shape index (κ1) is 29.1. The van der Waals surface area contributed by atoms with Gasteiger partial charge in [-0.2, -0.15) is 4.98 Å². The molecule has 7 heterocycles. The zero-order valence-corrected chi connectivity index (χ0v) is 23.3. The number of nitrogen functional groups attached to an aromatic ring is 2. The first-order valence-electron chi connectivity index (χ1n) is 13.3. The molecule has 236 valence electrons. The molecule has 2 bridgehead atoms. The Balaban J connectivity index is 1.18. The van der Waals surface area contributed by atoms with Gasteiger partial charge in [-0.25, -0.2) is 24.5 Å². The lowest BCUT2D eigenvalue weighted by atomic mass is 10.0. The number of hydrogen-bond acceptors (Lipinski definition) is 17. The Morgan fingerprint density at radius 2 is 1.64 bits per heavy atom. The summed E-state index contributed by atoms with van der Waals surface area (Å²) in [7, 11) is -4.99. The Labute approximate surface area is 245 Å². The minimum Gasteiger partial charge on any atom is -0.391 e. The third-order valence-electron chi connectivity index (χ3n) is 7.65. The number of nitrogens with two attached hydrogens (primary N) is 2. The summed E-state index contributed by atoms with van der Waals surface area (Å²) in [5, 5.41) is 33.1. The van der Waals surface area contributed by atoms with Crippen molar-refractivity contribution in [2.45, 2.75) is 61.6 Å². The minimum absolute atomic E-state index is 0.0438. The van der Waals surface area contributed by atoms with Crippen molar-refractivity contribution < 1.29 is 48.0 Å². The Kier molecular flexibility index (Phi) is 7.12. The van der Waals surface area contributed by atoms with Crippen LogP contribution >= 0.6 is 7.82 Å². The fourth-order valence-corrected chi connectivity index (χ4v) is 6.57. The second kappa shape index (κ2) is 10.8. The van der Waals surface area contributed by atoms with E-state index in [1.54, 1.807) is 0 Å². The number of anilines is 2. The van der Waals surface area contributed by atoms with E-state index in [4.69, 9.17) is 34.7 Å². The van der Waals surface area contributed by atoms with Gasteiger partial charge in [-0.15, -0.1) is 0 Å². The molecular weight excluding hydrogens is 611 g/mol. The molecule has 3 aliphatic heterocycles. The molecule has 4 aromatic rings. The van der Waals surface area contributed by atoms with Gasteiger partial charge < -0.3 is 45.9 Å². The molecule has 0 radical (unpaired) electrons. The number of fused-ring (bicyclic) bond motifs is 5. The van der Waals surface area contributed by atoms with Crippen LogP contribution in [0, 0.1) is 0 Å². The first-order valence-corrected chi connectivity index (χ1v) is 14.8. The molecule has 9 N–H and O–H groups in total. The van der Waals surface area contributed by atoms with Gasteiger partial charge in [-0.1, -0.05) is 0 Å². The quantitative estimate of drug-likeness (QED) is 0.110. The van der Waals surface area contributed by atoms with Crippen LogP contribution in [0.4, 0.5) is 11.8 Å². The summed E-state index contributed by atoms with van der Waals surface area (Å²) in [6.45, 7) is -0.972. The molecule has 10 atom stereocenters. The van der Waals surface area contributed by atoms with Crippen molar-refractivity contribution in [3.8, 4) is 0 Å². The van der Waals surface area contributed by atoms with Crippen molar-refractivity contribution in [2.24, 2.45) is 0 Å². The average Bonchev–Trinajstić information content (AvgIpc) is 3.72. The number of ether oxygens (including phenoxy) is 3. The molecule has 44 heavy (non-hydrogen) atoms. The maximum Gasteiger partial charge on any atom is 0.472 e. The Hall–Kier alpha value is -3.63. The summed E-state index contributed by atoms with van der Waals surface area (Å²) in [6, 6.07) is 0. The molecule has 0 aliphatic carbocycles. The number of aromatic amines is 1. The predicted octanol–water partition coefficient (Wildman–Crippen LogP) is -2.71. The zero-order valence-electron chi connectivity index (χ0n) is 22.4. The number of aliphatic hydroxyl groups is 3. The van der Waals surface area contributed by atoms with E-state index < -0.39 is 75.2 Å². The number of H-pyrrole nitrogens is 1. The third kappa shape index (κ3) is 4.92. The highest BCUT2D eigenvalue weighted by Crippen LogP contribution is 2.50. The molecule has 7 rings (SSSR count). The summed E-state index contributed by atoms with van der Waals surface area (Å²) < 4.78 is 44.3. The number of aromatic nitrogens is 8. The molecule has 0 aromatic carbocycles. The molecule has 4 aromatic heterocycles. The number of phosphoric acid groups is 1. The predicted molar refractivity (Wildman–Crippen MR) is 143 cm³/mol. The van der Waals surface area contributed by atoms with Crippen LogP contribution in [0.5, 0.6) is 0 Å². The standard InChI is InChI=1S/C22H27N10O11P/c23-16-10-17(26-4-25-16)31(5-27-10)20-13(35)14-9(42-20)3-40-44(37,38)43-15-12(34)8(1-7(33)2-39-14)41-21(15)32-6-28-11-18(32)29-22(24)30-19(11)36/h4-9,12-15,20-21,33-35H,1-3H2,(H,37,38)(H2,23,25,26)(H3,24,29,30,36). The zero-order chi connectivity index (χ0) is 30.9. The molecule has 0 saturated carbocycles. The van der Waals surface area contributed by atoms with Crippen LogP contribution in [0.15, 0.2) is 23.8 Å². The third-order valence-corrected chi connectivity index (χ3v) is 8.64. The highest BCUT2D eigenvalue weighted by Gasteiger charge is 2.52. The van der Waals surface area contributed by atoms with Gasteiger partial charge in [-0.3, -0.25) is 28.0 Å². The summed E-state index contributed by atoms with van der Waals surface area (Å²) in [5.74, 6) is -0.120. The number of phosphoric ester groups is 1. The second-order valence-corrected chi connectivity index (χ2v) is 11.9. The number of hydrogen-bond donors (Lipinski definition) is 7. The van der Waals surface area contributed by atoms with Crippen molar-refractivity contribution in [1.29, 1.82) is 0 Å². The van der Waals surface area contributed by atoms with E-state index in [0.29, 0.717) is 0 Å². The van der Waals surface area contributed by atoms with Gasteiger partial charge >= 0.3 is 7.82 Å². The van der Waals surface area contributed by atoms with Crippen molar-refractivity contribution in [3.05, 3.63) is 29.3 Å². The van der Waals surface area contributed by atoms with Crippen molar-refractivity contribution in [1.82, 2.24) is 39.0 Å². The lowest BCUT2D eigenvalue weighted by molar-refractivity contribution is -0.0976. The summed E-state index contributed by atoms with van der Waals surface area (Å²) in [4.78, 5) is 45.6. The van der Waals surface area contributed by atoms with Gasteiger partial charge in [-0.05, 0) is 0 Å². The molecule has 0 amide bonds. The van der Waals surface area contributed by atoms with Gasteiger partial charge in [0, 0.05) is 6.42 Å². The van der Waals surface area contributed by atoms with E-state index in [9.17, 15) is 29.6 Å². The SMILES string of the molecule is Nc1nc2c(ncn2C2OC3CC(O)COC4C(COP(=O)(O)OC2C3O)OC(n2cnc3c(N)ncnc32)C4O)c(=O)[nH]1. The van der Waals surface area contributed by atoms with Crippen molar-refractivity contribution >= 4 is 41.9 Å². The van der Waals surface area contributed by atoms with Crippen molar-refractivity contribution in [3.63, 3.8) is 0 Å². The summed E-state index contributed by atoms with van der Waals surface area (Å²) in [5.41, 5.74) is 11.3. The van der Waals surface area contributed by atoms with Gasteiger partial charge in [0.05, 0.1) is 38.1 Å². The topological polar surface area (TPSA) is 303 Å². The number of imidazole rings is 2. The van der Waals surface area contributed by atoms with E-state index in [-0.39, 0.29) is 47.1 Å². The van der Waals surface area contributed by atoms with Crippen LogP contribution in [0.1, 0.15) is 18.9 Å². The van der Waals surface area contributed by atoms with E-state index in [0.717, 1.165) is 0 Å². The Bertz CT molecular complexity index is 1820. The molecule has 3 aliphatic rings. The lowest BCUT2D eigenvalue weighted by Gasteiger charge is -2.25. The van der Waals surface area contributed by atoms with E-state index >= 15 is 0 Å². The maximum absolute atomic E-state index is 13.2. The first-order chi connectivity index (χ1) is 21.0. The fourth-order valence-electron chi connectivity index (χ4n) is 5.64. The van der Waals surface area contributed by atoms with Crippen LogP contribution in [0.2, 0.25) is 0 Å². The molecular formula is C22H27N10O11P. The van der Waals surface area contributed by atoms with Crippen LogP contribution < -0.4 is 17.0 Å². The molecule has 21 nitrogen and oxygen atoms in total. The van der Waals surface area contributed by atoms with Gasteiger partial charge in [0.15, 0.2) is 35.1 Å². The second-order valence-electron chi connectivity index (χ2n) is 10.5. The molecule has 3 saturated heterocycles. The Morgan fingerprint density at radius 3 is 2.43 bits per heavy atom. The molecule has 10 unspecified atom stereocenters. The van der Waals surface area contributed by atoms with E-state index in [1.807, 2.05) is 0 Å². The monoisotopic (exact) mass is 638 g/mol. The van der Waals surface area contributed by atoms with E-state index in [1.165, 1.54) is 28.1 Å². The molecule has 22 heteroatoms. The fraction of sp³-hybridized carbons (Fsp3) is 0.545. The maximum atomic E-state index is 13.2. The summed E-state index contributed by atoms with van der Waals surface area (Å²) in [6.07, 6.45) is -8.20. The number of nitrogens with one attached hydrogen (secondary N) is 1. The van der Waals surface area contributed by atoms with Crippen LogP contribution in [0.25, 0.3) is 22.3 Å². The number of aliphatic hydroxyl groups excluding tert-OH is 3. The highest BCUT2D eigenvalue weighted by atomic mass is 31.2. The van der Waals surface area contributed by atoms with Gasteiger partial charge in [0.1, 0.15) is 42.4 Å². The smallest absolute Gasteiger partial charge is 0.391 e. The minimum atomic E-state index is -4.99. The van der Waals surface area contributed by atoms with Gasteiger partial charge in [0.25, 0.3) is 5.56 Å². The largest absolute Gasteiger partial charge is 0.472 e. The average molecular weight is 638 g/mol. The molecule has 3 fully saturated rings. The van der Waals surface area contributed by atoms with Gasteiger partial charge in [0.2, 0.25) is 5.95 Å². The summed E-state index contributed by atoms with van der Waals surface area (Å²) >= 11 is 0. The van der Waals surface area contributed by atoms with Crippen LogP contribution in [-0.2, 0) is 27.8 Å². The van der Waals surface area contributed by atoms with E-state index in [2.05, 4.69) is 29.9 Å². The van der Waals surface area contributed by atoms with Crippen LogP contribution in [0.3, 0.4) is 0 Å².